The van der Waals surface area contributed by atoms with Crippen LogP contribution in [0.3, 0.4) is 0 Å². The summed E-state index contributed by atoms with van der Waals surface area (Å²) in [7, 11) is 0. The highest BCUT2D eigenvalue weighted by molar-refractivity contribution is 8.00. The van der Waals surface area contributed by atoms with Gasteiger partial charge in [-0.25, -0.2) is 0 Å². The van der Waals surface area contributed by atoms with Crippen molar-refractivity contribution >= 4 is 104 Å². The van der Waals surface area contributed by atoms with Crippen LogP contribution in [0.4, 0.5) is 22.7 Å². The third kappa shape index (κ3) is 4.25. The summed E-state index contributed by atoms with van der Waals surface area (Å²) in [5, 5.41) is 33.8. The number of nitrogens with one attached hydrogen (secondary N) is 1. The van der Waals surface area contributed by atoms with Gasteiger partial charge in [-0.1, -0.05) is 48.5 Å². The molecule has 1 N–H and O–H groups in total. The van der Waals surface area contributed by atoms with Gasteiger partial charge in [-0.05, 0) is 104 Å². The van der Waals surface area contributed by atoms with E-state index >= 15 is 0 Å². The molecule has 59 heavy (non-hydrogen) atoms. The molecule has 0 bridgehead atoms. The summed E-state index contributed by atoms with van der Waals surface area (Å²) in [5.74, 6) is 5.33. The molecule has 0 radical (unpaired) electrons. The highest BCUT2D eigenvalue weighted by Crippen LogP contribution is 2.43. The molecule has 13 rings (SSSR count). The summed E-state index contributed by atoms with van der Waals surface area (Å²) in [5.41, 5.74) is 14.0. The zero-order valence-electron chi connectivity index (χ0n) is 31.0. The summed E-state index contributed by atoms with van der Waals surface area (Å²) < 4.78 is 28.8. The molecule has 0 spiro atoms. The second-order valence-corrected chi connectivity index (χ2v) is 16.1. The maximum atomic E-state index is 10.2. The van der Waals surface area contributed by atoms with E-state index in [0.717, 1.165) is 83.4 Å². The van der Waals surface area contributed by atoms with Gasteiger partial charge in [0.15, 0.2) is 0 Å². The topological polar surface area (TPSA) is 124 Å². The molecule has 7 aromatic rings. The van der Waals surface area contributed by atoms with Gasteiger partial charge in [0.25, 0.3) is 20.1 Å². The van der Waals surface area contributed by atoms with Crippen LogP contribution in [0.5, 0.6) is 46.0 Å². The van der Waals surface area contributed by atoms with Gasteiger partial charge in [0.1, 0.15) is 46.0 Å². The van der Waals surface area contributed by atoms with E-state index in [1.165, 1.54) is 0 Å². The lowest BCUT2D eigenvalue weighted by molar-refractivity contribution is 0.464. The molecule has 6 aliphatic heterocycles. The molecule has 270 valence electrons. The minimum Gasteiger partial charge on any atom is -0.458 e. The number of fused-ring (bicyclic) bond motifs is 12. The fourth-order valence-electron chi connectivity index (χ4n) is 10.1. The van der Waals surface area contributed by atoms with Crippen molar-refractivity contribution < 1.29 is 18.9 Å². The van der Waals surface area contributed by atoms with Crippen molar-refractivity contribution in [3.8, 4) is 64.2 Å². The Morgan fingerprint density at radius 2 is 0.966 bits per heavy atom. The molecular formula is C46H22B3N5O4S. The smallest absolute Gasteiger partial charge is 0.260 e. The molecule has 0 atom stereocenters. The first-order valence-corrected chi connectivity index (χ1v) is 20.3. The Labute approximate surface area is 343 Å². The number of hydrogen-bond acceptors (Lipinski definition) is 10. The number of para-hydroxylation sites is 2. The Morgan fingerprint density at radius 1 is 0.458 bits per heavy atom. The Hall–Kier alpha value is -7.65. The molecule has 0 aliphatic carbocycles. The third-order valence-corrected chi connectivity index (χ3v) is 13.2. The van der Waals surface area contributed by atoms with E-state index in [2.05, 4.69) is 64.2 Å². The maximum absolute atomic E-state index is 10.2. The Bertz CT molecular complexity index is 3300. The van der Waals surface area contributed by atoms with E-state index in [1.807, 2.05) is 66.9 Å². The predicted octanol–water partition coefficient (Wildman–Crippen LogP) is 4.06. The molecule has 0 amide bonds. The van der Waals surface area contributed by atoms with Crippen LogP contribution in [0.25, 0.3) is 0 Å². The van der Waals surface area contributed by atoms with Crippen molar-refractivity contribution in [2.45, 2.75) is 0 Å². The van der Waals surface area contributed by atoms with Crippen molar-refractivity contribution in [3.63, 3.8) is 0 Å². The van der Waals surface area contributed by atoms with E-state index in [-0.39, 0.29) is 20.1 Å². The predicted molar refractivity (Wildman–Crippen MR) is 232 cm³/mol. The first kappa shape index (κ1) is 32.4. The minimum absolute atomic E-state index is 0.175. The standard InChI is InChI=1S/C46H22B3N5O4S/c1-59-54-34-19-39-31(17-29(34)48-27-7-3-5-9-37(27)56-41-13-24(21-51)11-35(54)45(41)48)49-30-16-28-32(18-38(30)57-42-14-25(22-52)15-43(58-39)46(42)49)53-33-10-23(20-50)12-40-44(33)47(28)26-6-2-4-8-36(26)55-40/h2-19,53H,1H3. The van der Waals surface area contributed by atoms with E-state index in [9.17, 15) is 15.8 Å². The zero-order valence-corrected chi connectivity index (χ0v) is 31.8. The van der Waals surface area contributed by atoms with Gasteiger partial charge in [0.05, 0.1) is 46.3 Å². The van der Waals surface area contributed by atoms with Crippen LogP contribution in [0.1, 0.15) is 16.7 Å². The van der Waals surface area contributed by atoms with Crippen molar-refractivity contribution in [2.24, 2.45) is 0 Å². The fourth-order valence-corrected chi connectivity index (χ4v) is 10.8. The molecule has 0 saturated heterocycles. The van der Waals surface area contributed by atoms with Crippen molar-refractivity contribution in [2.75, 3.05) is 15.9 Å². The first-order chi connectivity index (χ1) is 29.0. The molecule has 0 saturated carbocycles. The fraction of sp³-hybridized carbons (Fsp3) is 0.0217. The number of nitriles is 3. The summed E-state index contributed by atoms with van der Waals surface area (Å²) in [6, 6.07) is 42.9. The lowest BCUT2D eigenvalue weighted by atomic mass is 9.30. The van der Waals surface area contributed by atoms with Crippen molar-refractivity contribution in [3.05, 3.63) is 126 Å². The Morgan fingerprint density at radius 3 is 1.61 bits per heavy atom. The normalized spacial score (nSPS) is 14.1. The average molecular weight is 773 g/mol. The summed E-state index contributed by atoms with van der Waals surface area (Å²) in [4.78, 5) is 0. The van der Waals surface area contributed by atoms with Gasteiger partial charge in [-0.3, -0.25) is 4.31 Å². The molecule has 9 nitrogen and oxygen atoms in total. The number of rotatable bonds is 1. The average Bonchev–Trinajstić information content (AvgIpc) is 3.27. The molecule has 7 aromatic carbocycles. The number of ether oxygens (including phenoxy) is 4. The van der Waals surface area contributed by atoms with E-state index in [4.69, 9.17) is 18.9 Å². The monoisotopic (exact) mass is 773 g/mol. The third-order valence-electron chi connectivity index (χ3n) is 12.4. The van der Waals surface area contributed by atoms with Gasteiger partial charge in [-0.15, -0.1) is 0 Å². The van der Waals surface area contributed by atoms with Gasteiger partial charge in [0, 0.05) is 35.2 Å². The van der Waals surface area contributed by atoms with E-state index in [0.29, 0.717) is 51.2 Å². The van der Waals surface area contributed by atoms with Crippen LogP contribution in [0, 0.1) is 34.0 Å². The van der Waals surface area contributed by atoms with Crippen LogP contribution in [0.15, 0.2) is 109 Å². The minimum atomic E-state index is -0.313. The van der Waals surface area contributed by atoms with Crippen LogP contribution in [-0.4, -0.2) is 26.4 Å². The summed E-state index contributed by atoms with van der Waals surface area (Å²) in [6.45, 7) is -0.666. The van der Waals surface area contributed by atoms with Gasteiger partial charge in [0.2, 0.25) is 0 Å². The molecule has 0 fully saturated rings. The molecular weight excluding hydrogens is 751 g/mol. The maximum Gasteiger partial charge on any atom is 0.260 e. The molecule has 6 aliphatic rings. The molecule has 13 heteroatoms. The summed E-state index contributed by atoms with van der Waals surface area (Å²) >= 11 is 1.56. The molecule has 0 aromatic heterocycles. The lowest BCUT2D eigenvalue weighted by Crippen LogP contribution is -2.64. The van der Waals surface area contributed by atoms with E-state index in [1.54, 1.807) is 24.1 Å². The van der Waals surface area contributed by atoms with Crippen LogP contribution >= 0.6 is 11.9 Å². The second kappa shape index (κ2) is 11.5. The molecule has 0 unspecified atom stereocenters. The summed E-state index contributed by atoms with van der Waals surface area (Å²) in [6.07, 6.45) is 2.03. The Kier molecular flexibility index (Phi) is 6.31. The van der Waals surface area contributed by atoms with Gasteiger partial charge in [-0.2, -0.15) is 15.8 Å². The number of nitrogens with zero attached hydrogens (tertiary/aromatic N) is 4. The number of anilines is 4. The SMILES string of the molecule is CSN1c2cc3c(cc2B2c4ccccc4Oc4cc(C#N)cc1c42)B1c2cc4c(cc2Oc2cc(C#N)cc(c21)O3)Nc1cc(C#N)cc2c1B4c1ccccc1O2. The quantitative estimate of drug-likeness (QED) is 0.193. The number of benzene rings is 7. The van der Waals surface area contributed by atoms with Gasteiger partial charge < -0.3 is 24.3 Å². The highest BCUT2D eigenvalue weighted by atomic mass is 32.2. The van der Waals surface area contributed by atoms with Gasteiger partial charge >= 0.3 is 0 Å². The largest absolute Gasteiger partial charge is 0.458 e. The number of hydrogen-bond donors (Lipinski definition) is 1. The zero-order chi connectivity index (χ0) is 39.3. The van der Waals surface area contributed by atoms with Crippen LogP contribution in [-0.2, 0) is 0 Å². The van der Waals surface area contributed by atoms with Crippen molar-refractivity contribution in [1.82, 2.24) is 0 Å². The first-order valence-electron chi connectivity index (χ1n) is 19.1. The van der Waals surface area contributed by atoms with Crippen LogP contribution < -0.4 is 77.7 Å². The second-order valence-electron chi connectivity index (χ2n) is 15.4. The highest BCUT2D eigenvalue weighted by Gasteiger charge is 2.48. The van der Waals surface area contributed by atoms with Crippen molar-refractivity contribution in [1.29, 1.82) is 15.8 Å². The van der Waals surface area contributed by atoms with Crippen LogP contribution in [0.2, 0.25) is 0 Å². The van der Waals surface area contributed by atoms with E-state index < -0.39 is 0 Å². The Balaban J connectivity index is 1.07. The molecule has 6 heterocycles. The lowest BCUT2D eigenvalue weighted by Gasteiger charge is -2.41.